The third-order valence-corrected chi connectivity index (χ3v) is 5.12. The first-order valence-electron chi connectivity index (χ1n) is 11.6. The van der Waals surface area contributed by atoms with Gasteiger partial charge < -0.3 is 14.8 Å². The Bertz CT molecular complexity index is 374. The van der Waals surface area contributed by atoms with Gasteiger partial charge in [0.1, 0.15) is 6.04 Å². The van der Waals surface area contributed by atoms with Crippen LogP contribution in [0.3, 0.4) is 0 Å². The number of esters is 1. The molecule has 5 nitrogen and oxygen atoms in total. The molecule has 1 N–H and O–H groups in total. The van der Waals surface area contributed by atoms with E-state index in [4.69, 9.17) is 4.74 Å². The predicted octanol–water partition coefficient (Wildman–Crippen LogP) is 6.54. The molecule has 0 rings (SSSR count). The zero-order chi connectivity index (χ0) is 20.9. The zero-order valence-corrected chi connectivity index (χ0v) is 18.7. The van der Waals surface area contributed by atoms with Gasteiger partial charge >= 0.3 is 12.1 Å². The van der Waals surface area contributed by atoms with Crippen LogP contribution in [0.2, 0.25) is 0 Å². The van der Waals surface area contributed by atoms with Gasteiger partial charge in [0, 0.05) is 0 Å². The average Bonchev–Trinajstić information content (AvgIpc) is 2.69. The minimum atomic E-state index is -0.673. The van der Waals surface area contributed by atoms with Gasteiger partial charge in [0.25, 0.3) is 0 Å². The van der Waals surface area contributed by atoms with E-state index in [1.165, 1.54) is 97.0 Å². The monoisotopic (exact) mass is 399 g/mol. The predicted molar refractivity (Wildman–Crippen MR) is 116 cm³/mol. The number of alkyl carbamates (subject to hydrolysis) is 1. The fourth-order valence-corrected chi connectivity index (χ4v) is 3.24. The van der Waals surface area contributed by atoms with Gasteiger partial charge in [-0.15, -0.1) is 0 Å². The number of carbonyl (C=O) groups is 2. The summed E-state index contributed by atoms with van der Waals surface area (Å²) in [6.07, 6.45) is 20.5. The van der Waals surface area contributed by atoms with E-state index in [2.05, 4.69) is 17.0 Å². The molecule has 0 saturated heterocycles. The van der Waals surface area contributed by atoms with Gasteiger partial charge in [0.2, 0.25) is 0 Å². The van der Waals surface area contributed by atoms with E-state index in [1.807, 2.05) is 0 Å². The highest BCUT2D eigenvalue weighted by atomic mass is 16.5. The maximum absolute atomic E-state index is 11.7. The van der Waals surface area contributed by atoms with Crippen molar-refractivity contribution < 1.29 is 19.1 Å². The minimum absolute atomic E-state index is 0.411. The first-order valence-corrected chi connectivity index (χ1v) is 11.6. The van der Waals surface area contributed by atoms with Crippen LogP contribution in [0.1, 0.15) is 117 Å². The second-order valence-electron chi connectivity index (χ2n) is 7.83. The second-order valence-corrected chi connectivity index (χ2v) is 7.83. The maximum atomic E-state index is 11.7. The van der Waals surface area contributed by atoms with Crippen molar-refractivity contribution in [1.29, 1.82) is 0 Å². The summed E-state index contributed by atoms with van der Waals surface area (Å²) >= 11 is 0. The van der Waals surface area contributed by atoms with Crippen LogP contribution in [-0.4, -0.2) is 31.8 Å². The zero-order valence-electron chi connectivity index (χ0n) is 18.7. The van der Waals surface area contributed by atoms with Crippen LogP contribution >= 0.6 is 0 Å². The van der Waals surface area contributed by atoms with Crippen molar-refractivity contribution in [3.8, 4) is 0 Å². The number of ether oxygens (including phenoxy) is 2. The Morgan fingerprint density at radius 2 is 1.11 bits per heavy atom. The quantitative estimate of drug-likeness (QED) is 0.198. The molecule has 166 valence electrons. The van der Waals surface area contributed by atoms with E-state index < -0.39 is 18.1 Å². The van der Waals surface area contributed by atoms with Gasteiger partial charge in [0.15, 0.2) is 0 Å². The lowest BCUT2D eigenvalue weighted by Gasteiger charge is -2.12. The number of hydrogen-bond donors (Lipinski definition) is 1. The summed E-state index contributed by atoms with van der Waals surface area (Å²) in [5, 5.41) is 2.40. The number of hydrogen-bond acceptors (Lipinski definition) is 4. The number of unbranched alkanes of at least 4 members (excludes halogenated alkanes) is 15. The smallest absolute Gasteiger partial charge is 0.407 e. The van der Waals surface area contributed by atoms with Gasteiger partial charge in [-0.05, 0) is 13.3 Å². The first kappa shape index (κ1) is 26.7. The Kier molecular flexibility index (Phi) is 19.6. The van der Waals surface area contributed by atoms with Gasteiger partial charge in [0.05, 0.1) is 13.7 Å². The van der Waals surface area contributed by atoms with Crippen LogP contribution in [0.25, 0.3) is 0 Å². The number of rotatable bonds is 19. The summed E-state index contributed by atoms with van der Waals surface area (Å²) in [6.45, 7) is 4.28. The van der Waals surface area contributed by atoms with Gasteiger partial charge in [-0.1, -0.05) is 103 Å². The number of amides is 1. The number of nitrogens with one attached hydrogen (secondary N) is 1. The molecule has 0 saturated carbocycles. The third-order valence-electron chi connectivity index (χ3n) is 5.12. The van der Waals surface area contributed by atoms with E-state index in [1.54, 1.807) is 6.92 Å². The second kappa shape index (κ2) is 20.5. The molecule has 0 aromatic rings. The van der Waals surface area contributed by atoms with Crippen molar-refractivity contribution in [1.82, 2.24) is 5.32 Å². The van der Waals surface area contributed by atoms with Crippen molar-refractivity contribution in [2.45, 2.75) is 123 Å². The lowest BCUT2D eigenvalue weighted by Crippen LogP contribution is -2.39. The standard InChI is InChI=1S/C23H45NO4/c1-4-5-6-7-8-9-10-11-12-13-14-15-16-17-18-19-20-28-22(25)21(2)24-23(26)27-3/h21H,4-20H2,1-3H3,(H,24,26)/t21-/m0/s1. The summed E-state index contributed by atoms with van der Waals surface area (Å²) in [5.74, 6) is -0.411. The fraction of sp³-hybridized carbons (Fsp3) is 0.913. The largest absolute Gasteiger partial charge is 0.464 e. The normalized spacial score (nSPS) is 11.8. The fourth-order valence-electron chi connectivity index (χ4n) is 3.24. The first-order chi connectivity index (χ1) is 13.6. The molecule has 0 aromatic heterocycles. The molecule has 0 spiro atoms. The molecule has 28 heavy (non-hydrogen) atoms. The van der Waals surface area contributed by atoms with Crippen LogP contribution in [0.4, 0.5) is 4.79 Å². The highest BCUT2D eigenvalue weighted by Crippen LogP contribution is 2.13. The lowest BCUT2D eigenvalue weighted by atomic mass is 10.0. The molecule has 0 unspecified atom stereocenters. The molecule has 0 radical (unpaired) electrons. The number of carbonyl (C=O) groups excluding carboxylic acids is 2. The Morgan fingerprint density at radius 3 is 1.50 bits per heavy atom. The van der Waals surface area contributed by atoms with Gasteiger partial charge in [-0.2, -0.15) is 0 Å². The Balaban J connectivity index is 3.23. The maximum Gasteiger partial charge on any atom is 0.407 e. The van der Waals surface area contributed by atoms with E-state index >= 15 is 0 Å². The van der Waals surface area contributed by atoms with Crippen molar-refractivity contribution >= 4 is 12.1 Å². The summed E-state index contributed by atoms with van der Waals surface area (Å²) < 4.78 is 9.61. The molecule has 0 aliphatic rings. The van der Waals surface area contributed by atoms with Crippen LogP contribution in [0.15, 0.2) is 0 Å². The van der Waals surface area contributed by atoms with Gasteiger partial charge in [-0.25, -0.2) is 9.59 Å². The average molecular weight is 400 g/mol. The topological polar surface area (TPSA) is 64.6 Å². The molecule has 0 aliphatic heterocycles. The van der Waals surface area contributed by atoms with Crippen molar-refractivity contribution in [2.75, 3.05) is 13.7 Å². The Hall–Kier alpha value is -1.26. The molecule has 0 heterocycles. The minimum Gasteiger partial charge on any atom is -0.464 e. The molecule has 1 atom stereocenters. The van der Waals surface area contributed by atoms with Crippen LogP contribution in [-0.2, 0) is 14.3 Å². The molecule has 1 amide bonds. The van der Waals surface area contributed by atoms with E-state index in [-0.39, 0.29) is 0 Å². The van der Waals surface area contributed by atoms with Crippen LogP contribution in [0.5, 0.6) is 0 Å². The summed E-state index contributed by atoms with van der Waals surface area (Å²) in [5.41, 5.74) is 0. The van der Waals surface area contributed by atoms with E-state index in [9.17, 15) is 9.59 Å². The molecular weight excluding hydrogens is 354 g/mol. The molecular formula is C23H45NO4. The highest BCUT2D eigenvalue weighted by molar-refractivity contribution is 5.80. The van der Waals surface area contributed by atoms with Crippen LogP contribution in [0, 0.1) is 0 Å². The Morgan fingerprint density at radius 1 is 0.714 bits per heavy atom. The molecule has 0 fully saturated rings. The summed E-state index contributed by atoms with van der Waals surface area (Å²) in [7, 11) is 1.27. The molecule has 0 bridgehead atoms. The van der Waals surface area contributed by atoms with Crippen molar-refractivity contribution in [3.05, 3.63) is 0 Å². The van der Waals surface area contributed by atoms with Crippen molar-refractivity contribution in [3.63, 3.8) is 0 Å². The van der Waals surface area contributed by atoms with Crippen molar-refractivity contribution in [2.24, 2.45) is 0 Å². The highest BCUT2D eigenvalue weighted by Gasteiger charge is 2.16. The SMILES string of the molecule is CCCCCCCCCCCCCCCCCCOC(=O)[C@H](C)NC(=O)OC. The summed E-state index contributed by atoms with van der Waals surface area (Å²) in [4.78, 5) is 22.7. The molecule has 0 aliphatic carbocycles. The molecule has 5 heteroatoms. The van der Waals surface area contributed by atoms with Crippen LogP contribution < -0.4 is 5.32 Å². The Labute approximate surface area is 173 Å². The van der Waals surface area contributed by atoms with E-state index in [0.29, 0.717) is 6.61 Å². The van der Waals surface area contributed by atoms with Gasteiger partial charge in [-0.3, -0.25) is 0 Å². The molecule has 0 aromatic carbocycles. The van der Waals surface area contributed by atoms with E-state index in [0.717, 1.165) is 12.8 Å². The third kappa shape index (κ3) is 18.1. The lowest BCUT2D eigenvalue weighted by molar-refractivity contribution is -0.145. The summed E-state index contributed by atoms with van der Waals surface area (Å²) in [6, 6.07) is -0.673. The number of methoxy groups -OCH3 is 1.